The first-order chi connectivity index (χ1) is 20.3. The number of amides is 1. The van der Waals surface area contributed by atoms with Gasteiger partial charge in [0.2, 0.25) is 5.95 Å². The number of fused-ring (bicyclic) bond motifs is 1. The molecule has 3 heterocycles. The Morgan fingerprint density at radius 1 is 1.28 bits per heavy atom. The molecule has 10 nitrogen and oxygen atoms in total. The number of pyridine rings is 2. The Balaban J connectivity index is 1.47. The van der Waals surface area contributed by atoms with Gasteiger partial charge in [0, 0.05) is 35.5 Å². The Morgan fingerprint density at radius 3 is 2.65 bits per heavy atom. The van der Waals surface area contributed by atoms with E-state index in [1.807, 2.05) is 20.8 Å². The zero-order valence-electron chi connectivity index (χ0n) is 23.8. The van der Waals surface area contributed by atoms with Gasteiger partial charge in [-0.1, -0.05) is 43.7 Å². The molecule has 1 aromatic carbocycles. The number of anilines is 1. The largest absolute Gasteiger partial charge is 0.413 e. The molecule has 1 atom stereocenters. The number of ether oxygens (including phenoxy) is 1. The van der Waals surface area contributed by atoms with Crippen molar-refractivity contribution in [2.24, 2.45) is 5.41 Å². The predicted octanol–water partition coefficient (Wildman–Crippen LogP) is 6.28. The molecule has 0 aliphatic heterocycles. The zero-order chi connectivity index (χ0) is 31.1. The molecule has 0 bridgehead atoms. The fourth-order valence-electron chi connectivity index (χ4n) is 4.64. The minimum atomic E-state index is -2.65. The van der Waals surface area contributed by atoms with Gasteiger partial charge in [-0.2, -0.15) is 9.65 Å². The molecule has 1 saturated carbocycles. The van der Waals surface area contributed by atoms with Crippen LogP contribution in [0.1, 0.15) is 62.2 Å². The van der Waals surface area contributed by atoms with E-state index < -0.39 is 30.0 Å². The molecule has 3 aromatic heterocycles. The molecular weight excluding hydrogens is 585 g/mol. The molecule has 1 fully saturated rings. The summed E-state index contributed by atoms with van der Waals surface area (Å²) in [5, 5.41) is 24.3. The molecule has 224 valence electrons. The molecule has 1 amide bonds. The van der Waals surface area contributed by atoms with E-state index in [1.54, 1.807) is 6.92 Å². The number of rotatable bonds is 8. The van der Waals surface area contributed by atoms with Crippen LogP contribution in [-0.4, -0.2) is 44.0 Å². The minimum Gasteiger partial charge on any atom is -0.410 e. The van der Waals surface area contributed by atoms with Crippen molar-refractivity contribution in [3.05, 3.63) is 70.1 Å². The summed E-state index contributed by atoms with van der Waals surface area (Å²) in [4.78, 5) is 21.4. The summed E-state index contributed by atoms with van der Waals surface area (Å²) in [6.07, 6.45) is -0.359. The quantitative estimate of drug-likeness (QED) is 0.222. The lowest BCUT2D eigenvalue weighted by molar-refractivity contribution is 0.0593. The van der Waals surface area contributed by atoms with Gasteiger partial charge in [0.15, 0.2) is 0 Å². The van der Waals surface area contributed by atoms with E-state index in [1.165, 1.54) is 30.6 Å². The maximum absolute atomic E-state index is 13.8. The van der Waals surface area contributed by atoms with Crippen LogP contribution in [0.5, 0.6) is 5.75 Å². The highest BCUT2D eigenvalue weighted by Gasteiger charge is 2.54. The standard InChI is InChI=1S/C29H28ClF3N8O2/c1-15-18(5-6-22(31)37-15)25(21-13-41(40-39-21)29(7-8-29)26(32)33)38-27(42)43-17-9-19-23(36-14-28(2,3)4)16(11-34)12-35-24(19)20(30)10-17/h5-6,9-10,12-13,25-26H,7-8,14H2,1-4H3,(H,35,36)(H,38,42)/t25-/m0/s1. The molecule has 1 aliphatic rings. The SMILES string of the molecule is Cc1nc(F)ccc1[C@H](NC(=O)Oc1cc(Cl)c2ncc(C#N)c(NCC(C)(C)C)c2c1)c1cn(C2(C(F)F)CC2)nn1. The second-order valence-electron chi connectivity index (χ2n) is 11.6. The van der Waals surface area contributed by atoms with Crippen LogP contribution in [-0.2, 0) is 5.54 Å². The number of alkyl halides is 2. The fourth-order valence-corrected chi connectivity index (χ4v) is 4.89. The second kappa shape index (κ2) is 11.3. The summed E-state index contributed by atoms with van der Waals surface area (Å²) in [6.45, 7) is 8.18. The van der Waals surface area contributed by atoms with Crippen molar-refractivity contribution in [2.45, 2.75) is 58.5 Å². The number of hydrogen-bond donors (Lipinski definition) is 2. The average Bonchev–Trinajstić information content (AvgIpc) is 3.60. The van der Waals surface area contributed by atoms with Crippen LogP contribution in [0.3, 0.4) is 0 Å². The van der Waals surface area contributed by atoms with E-state index in [9.17, 15) is 23.2 Å². The Hall–Kier alpha value is -4.44. The highest BCUT2D eigenvalue weighted by Crippen LogP contribution is 2.48. The van der Waals surface area contributed by atoms with Crippen molar-refractivity contribution in [2.75, 3.05) is 11.9 Å². The molecule has 5 rings (SSSR count). The number of benzene rings is 1. The van der Waals surface area contributed by atoms with Gasteiger partial charge in [0.1, 0.15) is 29.1 Å². The smallest absolute Gasteiger partial charge is 0.410 e. The summed E-state index contributed by atoms with van der Waals surface area (Å²) < 4.78 is 47.9. The first-order valence-corrected chi connectivity index (χ1v) is 13.8. The van der Waals surface area contributed by atoms with Crippen molar-refractivity contribution in [3.63, 3.8) is 0 Å². The van der Waals surface area contributed by atoms with Crippen LogP contribution in [0.2, 0.25) is 5.02 Å². The average molecular weight is 613 g/mol. The Morgan fingerprint density at radius 2 is 2.02 bits per heavy atom. The van der Waals surface area contributed by atoms with Crippen molar-refractivity contribution in [1.82, 2.24) is 30.3 Å². The van der Waals surface area contributed by atoms with Crippen molar-refractivity contribution >= 4 is 34.3 Å². The molecule has 1 aliphatic carbocycles. The number of nitrogens with zero attached hydrogens (tertiary/aromatic N) is 6. The summed E-state index contributed by atoms with van der Waals surface area (Å²) in [5.41, 5.74) is 0.365. The Bertz CT molecular complexity index is 1740. The maximum atomic E-state index is 13.8. The van der Waals surface area contributed by atoms with Gasteiger partial charge in [-0.15, -0.1) is 5.10 Å². The molecule has 43 heavy (non-hydrogen) atoms. The van der Waals surface area contributed by atoms with Gasteiger partial charge in [-0.05, 0) is 37.3 Å². The molecular formula is C29H28ClF3N8O2. The Kier molecular flexibility index (Phi) is 7.91. The van der Waals surface area contributed by atoms with E-state index >= 15 is 0 Å². The zero-order valence-corrected chi connectivity index (χ0v) is 24.5. The summed E-state index contributed by atoms with van der Waals surface area (Å²) in [5.74, 6) is -0.676. The van der Waals surface area contributed by atoms with E-state index in [2.05, 4.69) is 37.0 Å². The van der Waals surface area contributed by atoms with Crippen LogP contribution >= 0.6 is 11.6 Å². The molecule has 4 aromatic rings. The van der Waals surface area contributed by atoms with Crippen molar-refractivity contribution < 1.29 is 22.7 Å². The second-order valence-corrected chi connectivity index (χ2v) is 12.0. The number of carbonyl (C=O) groups is 1. The third-order valence-electron chi connectivity index (χ3n) is 7.12. The monoisotopic (exact) mass is 612 g/mol. The van der Waals surface area contributed by atoms with Gasteiger partial charge in [0.05, 0.1) is 28.0 Å². The topological polar surface area (TPSA) is 131 Å². The molecule has 2 N–H and O–H groups in total. The van der Waals surface area contributed by atoms with Crippen LogP contribution in [0, 0.1) is 29.6 Å². The highest BCUT2D eigenvalue weighted by atomic mass is 35.5. The maximum Gasteiger partial charge on any atom is 0.413 e. The lowest BCUT2D eigenvalue weighted by Crippen LogP contribution is -2.33. The van der Waals surface area contributed by atoms with E-state index in [4.69, 9.17) is 16.3 Å². The minimum absolute atomic E-state index is 0.0525. The molecule has 0 saturated heterocycles. The van der Waals surface area contributed by atoms with Crippen molar-refractivity contribution in [3.8, 4) is 11.8 Å². The number of nitriles is 1. The molecule has 14 heteroatoms. The lowest BCUT2D eigenvalue weighted by atomic mass is 9.96. The first kappa shape index (κ1) is 30.0. The number of carbonyl (C=O) groups excluding carboxylic acids is 1. The van der Waals surface area contributed by atoms with Gasteiger partial charge in [-0.25, -0.2) is 23.2 Å². The number of aryl methyl sites for hydroxylation is 1. The highest BCUT2D eigenvalue weighted by molar-refractivity contribution is 6.35. The number of aromatic nitrogens is 5. The number of hydrogen-bond acceptors (Lipinski definition) is 8. The normalized spacial score (nSPS) is 14.8. The third-order valence-corrected chi connectivity index (χ3v) is 7.41. The van der Waals surface area contributed by atoms with E-state index in [0.717, 1.165) is 10.7 Å². The number of halogens is 4. The van der Waals surface area contributed by atoms with Crippen LogP contribution in [0.25, 0.3) is 10.9 Å². The van der Waals surface area contributed by atoms with Crippen LogP contribution in [0.15, 0.2) is 36.7 Å². The van der Waals surface area contributed by atoms with Crippen LogP contribution in [0.4, 0.5) is 23.7 Å². The van der Waals surface area contributed by atoms with Gasteiger partial charge in [-0.3, -0.25) is 4.98 Å². The fraction of sp³-hybridized carbons (Fsp3) is 0.379. The van der Waals surface area contributed by atoms with Crippen LogP contribution < -0.4 is 15.4 Å². The summed E-state index contributed by atoms with van der Waals surface area (Å²) in [6, 6.07) is 6.53. The molecule has 0 radical (unpaired) electrons. The van der Waals surface area contributed by atoms with Gasteiger partial charge >= 0.3 is 6.09 Å². The lowest BCUT2D eigenvalue weighted by Gasteiger charge is -2.21. The van der Waals surface area contributed by atoms with Gasteiger partial charge < -0.3 is 15.4 Å². The number of nitrogens with one attached hydrogen (secondary N) is 2. The Labute approximate surface area is 250 Å². The summed E-state index contributed by atoms with van der Waals surface area (Å²) in [7, 11) is 0. The van der Waals surface area contributed by atoms with E-state index in [-0.39, 0.29) is 46.0 Å². The third kappa shape index (κ3) is 6.19. The van der Waals surface area contributed by atoms with Crippen molar-refractivity contribution in [1.29, 1.82) is 5.26 Å². The summed E-state index contributed by atoms with van der Waals surface area (Å²) >= 11 is 6.50. The van der Waals surface area contributed by atoms with Gasteiger partial charge in [0.25, 0.3) is 6.43 Å². The predicted molar refractivity (Wildman–Crippen MR) is 153 cm³/mol. The molecule has 0 unspecified atom stereocenters. The van der Waals surface area contributed by atoms with E-state index in [0.29, 0.717) is 28.7 Å². The molecule has 0 spiro atoms. The first-order valence-electron chi connectivity index (χ1n) is 13.4.